The first-order valence-corrected chi connectivity index (χ1v) is 7.03. The molecule has 1 aromatic carbocycles. The molecule has 1 N–H and O–H groups in total. The van der Waals surface area contributed by atoms with Crippen molar-refractivity contribution < 1.29 is 4.79 Å². The Morgan fingerprint density at radius 2 is 2.21 bits per heavy atom. The molecular weight excluding hydrogens is 258 g/mol. The first kappa shape index (κ1) is 15.6. The summed E-state index contributed by atoms with van der Waals surface area (Å²) in [6.45, 7) is 4.37. The van der Waals surface area contributed by atoms with Gasteiger partial charge in [0.15, 0.2) is 0 Å². The maximum absolute atomic E-state index is 10.9. The van der Waals surface area contributed by atoms with E-state index < -0.39 is 0 Å². The molecule has 0 aliphatic carbocycles. The van der Waals surface area contributed by atoms with Gasteiger partial charge in [-0.05, 0) is 31.5 Å². The molecule has 0 aliphatic heterocycles. The maximum Gasteiger partial charge on any atom is 0.131 e. The van der Waals surface area contributed by atoms with E-state index in [2.05, 4.69) is 24.1 Å². The molecule has 1 aromatic rings. The lowest BCUT2D eigenvalue weighted by Crippen LogP contribution is -2.06. The highest BCUT2D eigenvalue weighted by molar-refractivity contribution is 6.30. The summed E-state index contributed by atoms with van der Waals surface area (Å²) < 4.78 is 0. The second-order valence-electron chi connectivity index (χ2n) is 4.47. The van der Waals surface area contributed by atoms with E-state index in [9.17, 15) is 4.79 Å². The number of hydrogen-bond acceptors (Lipinski definition) is 2. The van der Waals surface area contributed by atoms with Crippen molar-refractivity contribution in [2.75, 3.05) is 11.9 Å². The number of benzene rings is 1. The zero-order valence-electron chi connectivity index (χ0n) is 11.6. The van der Waals surface area contributed by atoms with Gasteiger partial charge in [-0.1, -0.05) is 36.8 Å². The van der Waals surface area contributed by atoms with Crippen LogP contribution in [0.3, 0.4) is 0 Å². The van der Waals surface area contributed by atoms with Gasteiger partial charge in [0.05, 0.1) is 0 Å². The molecule has 0 aliphatic rings. The smallest absolute Gasteiger partial charge is 0.131 e. The fourth-order valence-electron chi connectivity index (χ4n) is 1.57. The number of carbonyl (C=O) groups excluding carboxylic acids is 1. The molecule has 102 valence electrons. The van der Waals surface area contributed by atoms with E-state index in [1.165, 1.54) is 0 Å². The van der Waals surface area contributed by atoms with E-state index in [4.69, 9.17) is 11.6 Å². The Labute approximate surface area is 120 Å². The van der Waals surface area contributed by atoms with Crippen LogP contribution in [-0.2, 0) is 4.79 Å². The van der Waals surface area contributed by atoms with Gasteiger partial charge in [0.1, 0.15) is 5.78 Å². The third-order valence-electron chi connectivity index (χ3n) is 2.65. The van der Waals surface area contributed by atoms with Crippen LogP contribution in [0.25, 0.3) is 0 Å². The van der Waals surface area contributed by atoms with Crippen molar-refractivity contribution in [2.45, 2.75) is 39.5 Å². The minimum Gasteiger partial charge on any atom is -0.384 e. The highest BCUT2D eigenvalue weighted by Crippen LogP contribution is 2.20. The Balaban J connectivity index is 2.72. The van der Waals surface area contributed by atoms with E-state index in [1.54, 1.807) is 6.92 Å². The summed E-state index contributed by atoms with van der Waals surface area (Å²) in [6, 6.07) is 5.60. The molecule has 0 bridgehead atoms. The molecule has 0 radical (unpaired) electrons. The molecular formula is C16H20ClNO. The fourth-order valence-corrected chi connectivity index (χ4v) is 1.74. The average molecular weight is 278 g/mol. The predicted octanol–water partition coefficient (Wildman–Crippen LogP) is 4.27. The van der Waals surface area contributed by atoms with Crippen LogP contribution >= 0.6 is 11.6 Å². The molecule has 0 atom stereocenters. The number of nitrogens with one attached hydrogen (secondary N) is 1. The van der Waals surface area contributed by atoms with Crippen LogP contribution in [0.4, 0.5) is 5.69 Å². The van der Waals surface area contributed by atoms with Crippen LogP contribution < -0.4 is 5.32 Å². The largest absolute Gasteiger partial charge is 0.384 e. The van der Waals surface area contributed by atoms with Crippen LogP contribution in [-0.4, -0.2) is 12.3 Å². The Bertz CT molecular complexity index is 485. The summed E-state index contributed by atoms with van der Waals surface area (Å²) in [5, 5.41) is 3.91. The Morgan fingerprint density at radius 1 is 1.42 bits per heavy atom. The summed E-state index contributed by atoms with van der Waals surface area (Å²) >= 11 is 5.99. The molecule has 0 spiro atoms. The number of ketones is 1. The molecule has 19 heavy (non-hydrogen) atoms. The van der Waals surface area contributed by atoms with Crippen LogP contribution in [0.1, 0.15) is 45.1 Å². The highest BCUT2D eigenvalue weighted by Gasteiger charge is 2.01. The summed E-state index contributed by atoms with van der Waals surface area (Å²) in [7, 11) is 0. The predicted molar refractivity (Wildman–Crippen MR) is 81.6 cm³/mol. The summed E-state index contributed by atoms with van der Waals surface area (Å²) in [4.78, 5) is 10.9. The van der Waals surface area contributed by atoms with Gasteiger partial charge in [-0.15, -0.1) is 0 Å². The van der Waals surface area contributed by atoms with Crippen molar-refractivity contribution in [1.29, 1.82) is 0 Å². The first-order chi connectivity index (χ1) is 9.13. The van der Waals surface area contributed by atoms with Gasteiger partial charge >= 0.3 is 0 Å². The number of hydrogen-bond donors (Lipinski definition) is 1. The summed E-state index contributed by atoms with van der Waals surface area (Å²) in [5.41, 5.74) is 1.84. The van der Waals surface area contributed by atoms with Crippen LogP contribution in [0, 0.1) is 11.8 Å². The van der Waals surface area contributed by atoms with E-state index in [-0.39, 0.29) is 5.78 Å². The minimum absolute atomic E-state index is 0.178. The van der Waals surface area contributed by atoms with Crippen molar-refractivity contribution in [1.82, 2.24) is 0 Å². The maximum atomic E-state index is 10.9. The molecule has 0 heterocycles. The van der Waals surface area contributed by atoms with Gasteiger partial charge in [-0.3, -0.25) is 4.79 Å². The SMILES string of the molecule is CCCCC#Cc1cc(Cl)ccc1NCCC(C)=O. The zero-order valence-corrected chi connectivity index (χ0v) is 12.3. The molecule has 1 rings (SSSR count). The molecule has 0 aromatic heterocycles. The number of unbranched alkanes of at least 4 members (excludes halogenated alkanes) is 2. The van der Waals surface area contributed by atoms with E-state index in [0.717, 1.165) is 30.5 Å². The monoisotopic (exact) mass is 277 g/mol. The topological polar surface area (TPSA) is 29.1 Å². The highest BCUT2D eigenvalue weighted by atomic mass is 35.5. The lowest BCUT2D eigenvalue weighted by atomic mass is 10.1. The standard InChI is InChI=1S/C16H20ClNO/c1-3-4-5-6-7-14-12-15(17)8-9-16(14)18-11-10-13(2)19/h8-9,12,18H,3-5,10-11H2,1-2H3. The van der Waals surface area contributed by atoms with Crippen molar-refractivity contribution in [2.24, 2.45) is 0 Å². The van der Waals surface area contributed by atoms with Gasteiger partial charge in [0.25, 0.3) is 0 Å². The van der Waals surface area contributed by atoms with E-state index in [0.29, 0.717) is 18.0 Å². The van der Waals surface area contributed by atoms with Gasteiger partial charge in [-0.2, -0.15) is 0 Å². The Hall–Kier alpha value is -1.46. The number of Topliss-reactive ketones (excluding diaryl/α,β-unsaturated/α-hetero) is 1. The Kier molecular flexibility index (Phi) is 7.07. The molecule has 2 nitrogen and oxygen atoms in total. The summed E-state index contributed by atoms with van der Waals surface area (Å²) in [5.74, 6) is 6.48. The summed E-state index contributed by atoms with van der Waals surface area (Å²) in [6.07, 6.45) is 3.68. The zero-order chi connectivity index (χ0) is 14.1. The quantitative estimate of drug-likeness (QED) is 0.621. The molecule has 0 saturated carbocycles. The number of carbonyl (C=O) groups is 1. The average Bonchev–Trinajstić information content (AvgIpc) is 2.36. The van der Waals surface area contributed by atoms with Gasteiger partial charge in [0, 0.05) is 35.7 Å². The number of rotatable bonds is 6. The van der Waals surface area contributed by atoms with Crippen molar-refractivity contribution in [3.8, 4) is 11.8 Å². The van der Waals surface area contributed by atoms with E-state index in [1.807, 2.05) is 18.2 Å². The Morgan fingerprint density at radius 3 is 2.89 bits per heavy atom. The lowest BCUT2D eigenvalue weighted by Gasteiger charge is -2.08. The second kappa shape index (κ2) is 8.61. The van der Waals surface area contributed by atoms with Crippen molar-refractivity contribution in [3.63, 3.8) is 0 Å². The van der Waals surface area contributed by atoms with Crippen LogP contribution in [0.5, 0.6) is 0 Å². The lowest BCUT2D eigenvalue weighted by molar-refractivity contribution is -0.116. The molecule has 0 amide bonds. The van der Waals surface area contributed by atoms with Crippen LogP contribution in [0.15, 0.2) is 18.2 Å². The van der Waals surface area contributed by atoms with Gasteiger partial charge < -0.3 is 5.32 Å². The van der Waals surface area contributed by atoms with Crippen molar-refractivity contribution in [3.05, 3.63) is 28.8 Å². The van der Waals surface area contributed by atoms with Crippen molar-refractivity contribution >= 4 is 23.1 Å². The number of halogens is 1. The first-order valence-electron chi connectivity index (χ1n) is 6.65. The molecule has 0 saturated heterocycles. The number of anilines is 1. The second-order valence-corrected chi connectivity index (χ2v) is 4.91. The van der Waals surface area contributed by atoms with E-state index >= 15 is 0 Å². The van der Waals surface area contributed by atoms with Gasteiger partial charge in [-0.25, -0.2) is 0 Å². The molecule has 0 fully saturated rings. The molecule has 0 unspecified atom stereocenters. The third kappa shape index (κ3) is 6.31. The van der Waals surface area contributed by atoms with Gasteiger partial charge in [0.2, 0.25) is 0 Å². The third-order valence-corrected chi connectivity index (χ3v) is 2.89. The normalized spacial score (nSPS) is 9.63. The molecule has 3 heteroatoms. The van der Waals surface area contributed by atoms with Crippen LogP contribution in [0.2, 0.25) is 5.02 Å². The minimum atomic E-state index is 0.178. The fraction of sp³-hybridized carbons (Fsp3) is 0.438.